The Morgan fingerprint density at radius 3 is 3.04 bits per heavy atom. The quantitative estimate of drug-likeness (QED) is 0.565. The number of hydrogen-bond donors (Lipinski definition) is 0. The first-order chi connectivity index (χ1) is 11.2. The van der Waals surface area contributed by atoms with Crippen LogP contribution in [-0.2, 0) is 11.3 Å². The van der Waals surface area contributed by atoms with Gasteiger partial charge in [0.15, 0.2) is 5.82 Å². The van der Waals surface area contributed by atoms with E-state index in [-0.39, 0.29) is 11.7 Å². The molecule has 0 N–H and O–H groups in total. The number of carbonyl (C=O) groups excluding carboxylic acids is 1. The highest BCUT2D eigenvalue weighted by molar-refractivity contribution is 6.05. The highest BCUT2D eigenvalue weighted by atomic mass is 16.1. The lowest BCUT2D eigenvalue weighted by molar-refractivity contribution is -0.122. The summed E-state index contributed by atoms with van der Waals surface area (Å²) in [7, 11) is 0. The van der Waals surface area contributed by atoms with E-state index in [0.29, 0.717) is 17.8 Å². The fourth-order valence-electron chi connectivity index (χ4n) is 2.88. The van der Waals surface area contributed by atoms with E-state index in [0.717, 1.165) is 50.8 Å². The summed E-state index contributed by atoms with van der Waals surface area (Å²) in [5.41, 5.74) is 1.35. The molecule has 1 atom stereocenters. The Morgan fingerprint density at radius 1 is 1.57 bits per heavy atom. The van der Waals surface area contributed by atoms with E-state index >= 15 is 0 Å². The molecule has 1 saturated carbocycles. The average molecular weight is 312 g/mol. The number of hydrogen-bond acceptors (Lipinski definition) is 4. The third kappa shape index (κ3) is 4.38. The number of nitriles is 1. The number of nitrogens with zero attached hydrogens (tertiary/aromatic N) is 4. The van der Waals surface area contributed by atoms with Gasteiger partial charge in [-0.2, -0.15) is 10.4 Å². The van der Waals surface area contributed by atoms with Gasteiger partial charge in [0, 0.05) is 24.6 Å². The van der Waals surface area contributed by atoms with Crippen LogP contribution >= 0.6 is 0 Å². The number of aromatic nitrogens is 2. The molecular formula is C18H24N4O. The molecule has 1 heterocycles. The van der Waals surface area contributed by atoms with Crippen molar-refractivity contribution < 1.29 is 4.79 Å². The van der Waals surface area contributed by atoms with Gasteiger partial charge >= 0.3 is 0 Å². The molecule has 1 aliphatic carbocycles. The van der Waals surface area contributed by atoms with Gasteiger partial charge in [0.2, 0.25) is 0 Å². The van der Waals surface area contributed by atoms with E-state index in [2.05, 4.69) is 29.7 Å². The van der Waals surface area contributed by atoms with Gasteiger partial charge in [0.25, 0.3) is 0 Å². The van der Waals surface area contributed by atoms with Crippen molar-refractivity contribution in [2.45, 2.75) is 58.4 Å². The van der Waals surface area contributed by atoms with Crippen LogP contribution in [0.5, 0.6) is 0 Å². The highest BCUT2D eigenvalue weighted by Crippen LogP contribution is 2.26. The molecule has 0 amide bonds. The largest absolute Gasteiger partial charge is 0.299 e. The van der Waals surface area contributed by atoms with Gasteiger partial charge in [0.1, 0.15) is 17.4 Å². The van der Waals surface area contributed by atoms with Crippen molar-refractivity contribution in [1.82, 2.24) is 9.78 Å². The first-order valence-electron chi connectivity index (χ1n) is 8.35. The van der Waals surface area contributed by atoms with Crippen LogP contribution in [0.1, 0.15) is 57.4 Å². The van der Waals surface area contributed by atoms with Crippen molar-refractivity contribution in [2.75, 3.05) is 0 Å². The molecule has 0 bridgehead atoms. The van der Waals surface area contributed by atoms with E-state index in [1.165, 1.54) is 0 Å². The number of aryl methyl sites for hydroxylation is 1. The summed E-state index contributed by atoms with van der Waals surface area (Å²) in [6, 6.07) is 2.15. The number of aliphatic imine (C=N–C) groups is 1. The normalized spacial score (nSPS) is 19.7. The molecule has 0 saturated heterocycles. The Balaban J connectivity index is 2.15. The summed E-state index contributed by atoms with van der Waals surface area (Å²) in [6.07, 6.45) is 9.38. The van der Waals surface area contributed by atoms with Crippen LogP contribution in [0.15, 0.2) is 23.8 Å². The Bertz CT molecular complexity index is 636. The Labute approximate surface area is 137 Å². The van der Waals surface area contributed by atoms with E-state index in [9.17, 15) is 10.1 Å². The fourth-order valence-corrected chi connectivity index (χ4v) is 2.88. The van der Waals surface area contributed by atoms with Crippen molar-refractivity contribution in [1.29, 1.82) is 5.26 Å². The number of rotatable bonds is 7. The van der Waals surface area contributed by atoms with E-state index in [4.69, 9.17) is 0 Å². The lowest BCUT2D eigenvalue weighted by atomic mass is 9.84. The molecule has 1 unspecified atom stereocenters. The number of ketones is 1. The zero-order chi connectivity index (χ0) is 16.7. The molecule has 1 fully saturated rings. The smallest absolute Gasteiger partial charge is 0.168 e. The molecule has 1 aromatic heterocycles. The minimum absolute atomic E-state index is 0.0800. The minimum atomic E-state index is 0.0800. The SMILES string of the molecule is C=CCC1CCC(=Nc2c(C#N)cnn2CCCCC)CC1=O. The number of Topliss-reactive ketones (excluding diaryl/α,β-unsaturated/α-hetero) is 1. The maximum atomic E-state index is 12.2. The summed E-state index contributed by atoms with van der Waals surface area (Å²) < 4.78 is 1.79. The second-order valence-electron chi connectivity index (χ2n) is 6.01. The maximum absolute atomic E-state index is 12.2. The maximum Gasteiger partial charge on any atom is 0.168 e. The highest BCUT2D eigenvalue weighted by Gasteiger charge is 2.25. The fraction of sp³-hybridized carbons (Fsp3) is 0.556. The number of allylic oxidation sites excluding steroid dienone is 1. The monoisotopic (exact) mass is 312 g/mol. The van der Waals surface area contributed by atoms with Gasteiger partial charge in [-0.25, -0.2) is 9.67 Å². The summed E-state index contributed by atoms with van der Waals surface area (Å²) >= 11 is 0. The number of carbonyl (C=O) groups is 1. The molecule has 1 aliphatic rings. The molecule has 0 radical (unpaired) electrons. The Kier molecular flexibility index (Phi) is 6.28. The molecule has 5 nitrogen and oxygen atoms in total. The predicted octanol–water partition coefficient (Wildman–Crippen LogP) is 3.96. The van der Waals surface area contributed by atoms with E-state index in [1.807, 2.05) is 0 Å². The molecule has 0 aliphatic heterocycles. The van der Waals surface area contributed by atoms with Crippen LogP contribution < -0.4 is 0 Å². The molecule has 23 heavy (non-hydrogen) atoms. The first-order valence-corrected chi connectivity index (χ1v) is 8.35. The van der Waals surface area contributed by atoms with E-state index in [1.54, 1.807) is 17.0 Å². The second-order valence-corrected chi connectivity index (χ2v) is 6.01. The van der Waals surface area contributed by atoms with Crippen molar-refractivity contribution >= 4 is 17.3 Å². The van der Waals surface area contributed by atoms with Crippen molar-refractivity contribution in [3.05, 3.63) is 24.4 Å². The third-order valence-electron chi connectivity index (χ3n) is 4.24. The van der Waals surface area contributed by atoms with Crippen LogP contribution in [0.2, 0.25) is 0 Å². The molecule has 1 aromatic rings. The van der Waals surface area contributed by atoms with Crippen LogP contribution in [0, 0.1) is 17.2 Å². The minimum Gasteiger partial charge on any atom is -0.299 e. The molecule has 0 spiro atoms. The lowest BCUT2D eigenvalue weighted by Crippen LogP contribution is -2.24. The summed E-state index contributed by atoms with van der Waals surface area (Å²) in [6.45, 7) is 6.62. The summed E-state index contributed by atoms with van der Waals surface area (Å²) in [5, 5.41) is 13.5. The lowest BCUT2D eigenvalue weighted by Gasteiger charge is -2.20. The van der Waals surface area contributed by atoms with Gasteiger partial charge < -0.3 is 0 Å². The molecular weight excluding hydrogens is 288 g/mol. The summed E-state index contributed by atoms with van der Waals surface area (Å²) in [5.74, 6) is 0.912. The van der Waals surface area contributed by atoms with Gasteiger partial charge in [-0.1, -0.05) is 25.8 Å². The number of unbranched alkanes of at least 4 members (excludes halogenated alkanes) is 2. The molecule has 2 rings (SSSR count). The second kappa shape index (κ2) is 8.42. The Morgan fingerprint density at radius 2 is 2.39 bits per heavy atom. The van der Waals surface area contributed by atoms with Gasteiger partial charge in [-0.3, -0.25) is 4.79 Å². The van der Waals surface area contributed by atoms with Gasteiger partial charge in [-0.15, -0.1) is 6.58 Å². The van der Waals surface area contributed by atoms with E-state index < -0.39 is 0 Å². The standard InChI is InChI=1S/C18H24N4O/c1-3-5-6-10-22-18(15(12-19)13-20-22)21-16-9-8-14(7-4-2)17(23)11-16/h4,13-14H,2-3,5-11H2,1H3. The van der Waals surface area contributed by atoms with Crippen molar-refractivity contribution in [2.24, 2.45) is 10.9 Å². The third-order valence-corrected chi connectivity index (χ3v) is 4.24. The molecule has 122 valence electrons. The van der Waals surface area contributed by atoms with Gasteiger partial charge in [0.05, 0.1) is 6.20 Å². The average Bonchev–Trinajstić information content (AvgIpc) is 2.92. The topological polar surface area (TPSA) is 71.0 Å². The predicted molar refractivity (Wildman–Crippen MR) is 90.7 cm³/mol. The van der Waals surface area contributed by atoms with Crippen molar-refractivity contribution in [3.8, 4) is 6.07 Å². The zero-order valence-electron chi connectivity index (χ0n) is 13.8. The first kappa shape index (κ1) is 17.1. The van der Waals surface area contributed by atoms with Crippen LogP contribution in [0.3, 0.4) is 0 Å². The molecule has 0 aromatic carbocycles. The van der Waals surface area contributed by atoms with Crippen LogP contribution in [-0.4, -0.2) is 21.3 Å². The zero-order valence-corrected chi connectivity index (χ0v) is 13.8. The van der Waals surface area contributed by atoms with Crippen molar-refractivity contribution in [3.63, 3.8) is 0 Å². The molecule has 5 heteroatoms. The van der Waals surface area contributed by atoms with Crippen LogP contribution in [0.25, 0.3) is 0 Å². The summed E-state index contributed by atoms with van der Waals surface area (Å²) in [4.78, 5) is 16.8. The van der Waals surface area contributed by atoms with Crippen LogP contribution in [0.4, 0.5) is 5.82 Å². The Hall–Kier alpha value is -2.22. The van der Waals surface area contributed by atoms with Gasteiger partial charge in [-0.05, 0) is 25.7 Å².